The van der Waals surface area contributed by atoms with E-state index in [0.717, 1.165) is 51.1 Å². The molecule has 3 heterocycles. The van der Waals surface area contributed by atoms with Crippen molar-refractivity contribution in [2.24, 2.45) is 10.9 Å². The second-order valence-electron chi connectivity index (χ2n) is 12.6. The first-order chi connectivity index (χ1) is 25.4. The molecule has 0 amide bonds. The number of Topliss-reactive ketones (excluding diaryl/α,β-unsaturated/α-hetero) is 2. The fourth-order valence-corrected chi connectivity index (χ4v) is 9.06. The van der Waals surface area contributed by atoms with Gasteiger partial charge in [-0.1, -0.05) is 20.3 Å². The van der Waals surface area contributed by atoms with Gasteiger partial charge in [0, 0.05) is 49.7 Å². The van der Waals surface area contributed by atoms with Crippen LogP contribution in [0.1, 0.15) is 61.9 Å². The number of ketones is 2. The lowest BCUT2D eigenvalue weighted by molar-refractivity contribution is 0.103. The predicted molar refractivity (Wildman–Crippen MR) is 197 cm³/mol. The summed E-state index contributed by atoms with van der Waals surface area (Å²) in [6, 6.07) is 12.7. The van der Waals surface area contributed by atoms with Crippen molar-refractivity contribution in [1.29, 1.82) is 15.8 Å². The first-order valence-electron chi connectivity index (χ1n) is 16.1. The fraction of sp³-hybridized carbons (Fsp3) is 0.150. The summed E-state index contributed by atoms with van der Waals surface area (Å²) in [5.41, 5.74) is 1.33. The van der Waals surface area contributed by atoms with Gasteiger partial charge < -0.3 is 4.57 Å². The lowest BCUT2D eigenvalue weighted by atomic mass is 9.98. The minimum atomic E-state index is -1.23. The second-order valence-corrected chi connectivity index (χ2v) is 14.7. The van der Waals surface area contributed by atoms with E-state index < -0.39 is 40.4 Å². The smallest absolute Gasteiger partial charge is 0.194 e. The summed E-state index contributed by atoms with van der Waals surface area (Å²) in [5.74, 6) is -5.77. The molecule has 2 aromatic carbocycles. The van der Waals surface area contributed by atoms with Gasteiger partial charge in [0.1, 0.15) is 17.7 Å². The molecule has 0 bridgehead atoms. The molecule has 0 spiro atoms. The Morgan fingerprint density at radius 3 is 1.66 bits per heavy atom. The zero-order valence-electron chi connectivity index (χ0n) is 27.9. The third-order valence-corrected chi connectivity index (χ3v) is 11.7. The molecule has 13 heteroatoms. The molecule has 260 valence electrons. The number of halogens is 4. The number of carbonyl (C=O) groups excluding carboxylic acids is 2. The van der Waals surface area contributed by atoms with Gasteiger partial charge in [0.25, 0.3) is 0 Å². The number of nitrogens with zero attached hydrogens (tertiary/aromatic N) is 5. The van der Waals surface area contributed by atoms with Crippen LogP contribution in [0.3, 0.4) is 0 Å². The number of rotatable bonds is 7. The van der Waals surface area contributed by atoms with Gasteiger partial charge in [0.15, 0.2) is 34.8 Å². The number of carbonyl (C=O) groups is 2. The lowest BCUT2D eigenvalue weighted by Gasteiger charge is -2.11. The van der Waals surface area contributed by atoms with Crippen LogP contribution in [-0.2, 0) is 6.54 Å². The Balaban J connectivity index is 1.41. The molecular weight excluding hydrogens is 723 g/mol. The summed E-state index contributed by atoms with van der Waals surface area (Å²) in [6.07, 6.45) is 3.98. The summed E-state index contributed by atoms with van der Waals surface area (Å²) in [7, 11) is 0. The van der Waals surface area contributed by atoms with E-state index in [2.05, 4.69) is 30.1 Å². The van der Waals surface area contributed by atoms with Gasteiger partial charge in [-0.3, -0.25) is 14.6 Å². The van der Waals surface area contributed by atoms with Crippen LogP contribution in [-0.4, -0.2) is 29.4 Å². The molecule has 1 atom stereocenters. The van der Waals surface area contributed by atoms with E-state index in [0.29, 0.717) is 16.3 Å². The Labute approximate surface area is 307 Å². The van der Waals surface area contributed by atoms with E-state index >= 15 is 0 Å². The summed E-state index contributed by atoms with van der Waals surface area (Å²) in [5, 5.41) is 29.4. The highest BCUT2D eigenvalue weighted by Crippen LogP contribution is 2.46. The number of thiophene rings is 2. The molecule has 0 radical (unpaired) electrons. The Kier molecular flexibility index (Phi) is 8.91. The summed E-state index contributed by atoms with van der Waals surface area (Å²) < 4.78 is 61.1. The Bertz CT molecular complexity index is 2760. The monoisotopic (exact) mass is 745 g/mol. The van der Waals surface area contributed by atoms with Crippen molar-refractivity contribution in [1.82, 2.24) is 4.57 Å². The van der Waals surface area contributed by atoms with Crippen LogP contribution >= 0.6 is 22.7 Å². The van der Waals surface area contributed by atoms with E-state index in [1.54, 1.807) is 18.2 Å². The maximum atomic E-state index is 14.4. The second kappa shape index (κ2) is 13.4. The molecule has 7 rings (SSSR count). The third kappa shape index (κ3) is 5.64. The highest BCUT2D eigenvalue weighted by atomic mass is 32.1. The van der Waals surface area contributed by atoms with Crippen LogP contribution in [0.5, 0.6) is 0 Å². The van der Waals surface area contributed by atoms with E-state index in [4.69, 9.17) is 0 Å². The first-order valence-corrected chi connectivity index (χ1v) is 17.8. The van der Waals surface area contributed by atoms with Crippen molar-refractivity contribution >= 4 is 84.7 Å². The number of fused-ring (bicyclic) bond motifs is 5. The molecule has 0 fully saturated rings. The minimum absolute atomic E-state index is 0.0371. The summed E-state index contributed by atoms with van der Waals surface area (Å²) in [6.45, 7) is 8.07. The van der Waals surface area contributed by atoms with E-state index in [1.165, 1.54) is 28.7 Å². The molecular formula is C40H23F4N5O2S2. The van der Waals surface area contributed by atoms with Crippen molar-refractivity contribution in [2.45, 2.75) is 26.8 Å². The maximum Gasteiger partial charge on any atom is 0.194 e. The standard InChI is InChI=1S/C40H23F4N5O2S2/c1-4-18(2)17-49-33-7-21(5-27-35(19(13-45)14-46)23-9-29(41)31(43)11-25(23)37(27)50)52-39(33)40-34(49)8-22(53-40)6-28-36(20(15-47)16-48-3)24-10-30(42)32(44)12-26(24)38(28)51/h5-12,18H,3-4,16-17H2,1-2H3/b27-5-,28-6-,36-20?. The largest absolute Gasteiger partial charge is 0.339 e. The van der Waals surface area contributed by atoms with Crippen LogP contribution in [0.4, 0.5) is 17.6 Å². The number of benzene rings is 2. The number of aliphatic imine (C=N–C) groups is 1. The SMILES string of the molecule is C=NCC(C#N)=C1/C(=C/c2cc3c(s2)c2sc(/C=C4\C(=O)c5cc(F)c(F)cc5C4=C(C#N)C#N)cc2n3CC(C)CC)C(=O)c2cc(F)c(F)cc21. The van der Waals surface area contributed by atoms with Gasteiger partial charge in [-0.2, -0.15) is 15.8 Å². The van der Waals surface area contributed by atoms with E-state index in [-0.39, 0.29) is 62.6 Å². The van der Waals surface area contributed by atoms with Gasteiger partial charge in [-0.05, 0) is 72.3 Å². The van der Waals surface area contributed by atoms with Crippen molar-refractivity contribution < 1.29 is 27.2 Å². The van der Waals surface area contributed by atoms with Crippen LogP contribution < -0.4 is 0 Å². The lowest BCUT2D eigenvalue weighted by Crippen LogP contribution is -2.05. The molecule has 1 unspecified atom stereocenters. The maximum absolute atomic E-state index is 14.4. The number of hydrogen-bond donors (Lipinski definition) is 0. The molecule has 0 saturated heterocycles. The highest BCUT2D eigenvalue weighted by molar-refractivity contribution is 7.28. The molecule has 3 aromatic heterocycles. The Morgan fingerprint density at radius 1 is 0.774 bits per heavy atom. The zero-order valence-corrected chi connectivity index (χ0v) is 29.5. The highest BCUT2D eigenvalue weighted by Gasteiger charge is 2.36. The molecule has 0 saturated carbocycles. The Hall–Kier alpha value is -6.20. The van der Waals surface area contributed by atoms with Gasteiger partial charge in [-0.15, -0.1) is 22.7 Å². The van der Waals surface area contributed by atoms with Crippen LogP contribution in [0.15, 0.2) is 63.7 Å². The normalized spacial score (nSPS) is 16.6. The van der Waals surface area contributed by atoms with Gasteiger partial charge >= 0.3 is 0 Å². The molecule has 0 aliphatic heterocycles. The fourth-order valence-electron chi connectivity index (χ4n) is 6.70. The van der Waals surface area contributed by atoms with Crippen LogP contribution in [0.25, 0.3) is 43.7 Å². The molecule has 53 heavy (non-hydrogen) atoms. The van der Waals surface area contributed by atoms with Crippen molar-refractivity contribution in [3.8, 4) is 18.2 Å². The topological polar surface area (TPSA) is 123 Å². The van der Waals surface area contributed by atoms with E-state index in [1.807, 2.05) is 18.2 Å². The number of aromatic nitrogens is 1. The molecule has 7 nitrogen and oxygen atoms in total. The van der Waals surface area contributed by atoms with Crippen molar-refractivity contribution in [3.05, 3.63) is 114 Å². The quantitative estimate of drug-likeness (QED) is 0.0710. The van der Waals surface area contributed by atoms with Crippen molar-refractivity contribution in [2.75, 3.05) is 6.54 Å². The third-order valence-electron chi connectivity index (χ3n) is 9.37. The predicted octanol–water partition coefficient (Wildman–Crippen LogP) is 9.86. The van der Waals surface area contributed by atoms with Gasteiger partial charge in [-0.25, -0.2) is 17.6 Å². The minimum Gasteiger partial charge on any atom is -0.339 e. The Morgan fingerprint density at radius 2 is 1.23 bits per heavy atom. The summed E-state index contributed by atoms with van der Waals surface area (Å²) >= 11 is 2.69. The van der Waals surface area contributed by atoms with Crippen LogP contribution in [0.2, 0.25) is 0 Å². The number of hydrogen-bond acceptors (Lipinski definition) is 8. The number of allylic oxidation sites excluding steroid dienone is 5. The zero-order chi connectivity index (χ0) is 37.9. The average molecular weight is 746 g/mol. The number of nitriles is 3. The molecule has 2 aliphatic rings. The molecule has 2 aliphatic carbocycles. The summed E-state index contributed by atoms with van der Waals surface area (Å²) in [4.78, 5) is 32.3. The molecule has 0 N–H and O–H groups in total. The first kappa shape index (κ1) is 35.2. The van der Waals surface area contributed by atoms with Crippen LogP contribution in [0, 0.1) is 63.2 Å². The van der Waals surface area contributed by atoms with Crippen molar-refractivity contribution in [3.63, 3.8) is 0 Å². The van der Waals surface area contributed by atoms with Gasteiger partial charge in [0.05, 0.1) is 38.6 Å². The average Bonchev–Trinajstić information content (AvgIpc) is 3.91. The van der Waals surface area contributed by atoms with E-state index in [9.17, 15) is 42.9 Å². The van der Waals surface area contributed by atoms with Gasteiger partial charge in [0.2, 0.25) is 0 Å². The molecule has 5 aromatic rings.